The van der Waals surface area contributed by atoms with Gasteiger partial charge >= 0.3 is 6.03 Å². The molecule has 1 aliphatic rings. The third-order valence-electron chi connectivity index (χ3n) is 2.99. The Bertz CT molecular complexity index is 656. The number of carbonyl (C=O) groups excluding carboxylic acids is 3. The smallest absolute Gasteiger partial charge is 0.324 e. The van der Waals surface area contributed by atoms with Crippen LogP contribution in [0.15, 0.2) is 29.2 Å². The molecule has 0 atom stereocenters. The number of anilines is 1. The first kappa shape index (κ1) is 15.9. The third-order valence-corrected chi connectivity index (χ3v) is 3.93. The van der Waals surface area contributed by atoms with E-state index in [1.165, 1.54) is 23.7 Å². The average Bonchev–Trinajstić information content (AvgIpc) is 2.73. The molecule has 0 spiro atoms. The number of benzene rings is 1. The van der Waals surface area contributed by atoms with Crippen LogP contribution in [0.5, 0.6) is 0 Å². The molecule has 0 unspecified atom stereocenters. The number of nitrogens with one attached hydrogen (secondary N) is 1. The highest BCUT2D eigenvalue weighted by Crippen LogP contribution is 2.26. The number of imide groups is 1. The number of carbonyl (C=O) groups is 3. The fourth-order valence-electron chi connectivity index (χ4n) is 1.96. The Balaban J connectivity index is 2.02. The van der Waals surface area contributed by atoms with E-state index in [0.29, 0.717) is 5.69 Å². The minimum absolute atomic E-state index is 0.0132. The number of nitrogens with zero attached hydrogens (tertiary/aromatic N) is 3. The maximum Gasteiger partial charge on any atom is 0.327 e. The van der Waals surface area contributed by atoms with Gasteiger partial charge in [-0.05, 0) is 12.1 Å². The quantitative estimate of drug-likeness (QED) is 0.649. The summed E-state index contributed by atoms with van der Waals surface area (Å²) < 4.78 is 0. The Kier molecular flexibility index (Phi) is 5.01. The number of urea groups is 1. The predicted molar refractivity (Wildman–Crippen MR) is 81.1 cm³/mol. The summed E-state index contributed by atoms with van der Waals surface area (Å²) in [5, 5.41) is 11.3. The maximum absolute atomic E-state index is 12.0. The molecule has 1 aliphatic heterocycles. The summed E-state index contributed by atoms with van der Waals surface area (Å²) in [6.07, 6.45) is 0. The van der Waals surface area contributed by atoms with Gasteiger partial charge in [0.15, 0.2) is 0 Å². The van der Waals surface area contributed by atoms with Crippen molar-refractivity contribution in [3.05, 3.63) is 24.3 Å². The van der Waals surface area contributed by atoms with E-state index in [-0.39, 0.29) is 18.8 Å². The lowest BCUT2D eigenvalue weighted by atomic mass is 10.3. The van der Waals surface area contributed by atoms with Gasteiger partial charge in [0, 0.05) is 11.9 Å². The van der Waals surface area contributed by atoms with Crippen molar-refractivity contribution in [2.24, 2.45) is 0 Å². The molecule has 1 aromatic rings. The average molecular weight is 318 g/mol. The molecule has 0 radical (unpaired) electrons. The lowest BCUT2D eigenvalue weighted by Crippen LogP contribution is -2.38. The number of hydrogen-bond donors (Lipinski definition) is 1. The van der Waals surface area contributed by atoms with Gasteiger partial charge in [-0.25, -0.2) is 4.79 Å². The van der Waals surface area contributed by atoms with Gasteiger partial charge in [-0.1, -0.05) is 12.1 Å². The van der Waals surface area contributed by atoms with Crippen LogP contribution in [0, 0.1) is 11.3 Å². The molecule has 0 aliphatic carbocycles. The van der Waals surface area contributed by atoms with Crippen molar-refractivity contribution in [2.75, 3.05) is 31.2 Å². The van der Waals surface area contributed by atoms with Gasteiger partial charge in [0.1, 0.15) is 13.1 Å². The number of hydrogen-bond acceptors (Lipinski definition) is 5. The third kappa shape index (κ3) is 3.56. The first-order valence-corrected chi connectivity index (χ1v) is 7.45. The fourth-order valence-corrected chi connectivity index (χ4v) is 2.63. The van der Waals surface area contributed by atoms with Crippen molar-refractivity contribution in [3.63, 3.8) is 0 Å². The standard InChI is InChI=1S/C14H14N4O3S/c1-17-9-13(20)18(14(17)21)8-12(19)16-10-4-2-3-5-11(10)22-7-6-15/h2-5H,7-9H2,1H3,(H,16,19). The molecule has 4 amide bonds. The molecule has 1 fully saturated rings. The van der Waals surface area contributed by atoms with Crippen LogP contribution in [-0.2, 0) is 9.59 Å². The zero-order chi connectivity index (χ0) is 16.1. The van der Waals surface area contributed by atoms with E-state index in [0.717, 1.165) is 9.80 Å². The number of thioether (sulfide) groups is 1. The first-order chi connectivity index (χ1) is 10.5. The molecule has 114 valence electrons. The van der Waals surface area contributed by atoms with Crippen molar-refractivity contribution < 1.29 is 14.4 Å². The van der Waals surface area contributed by atoms with Crippen molar-refractivity contribution in [2.45, 2.75) is 4.90 Å². The van der Waals surface area contributed by atoms with Crippen LogP contribution in [0.4, 0.5) is 10.5 Å². The number of rotatable bonds is 5. The van der Waals surface area contributed by atoms with Crippen LogP contribution in [-0.4, -0.2) is 53.5 Å². The molecular formula is C14H14N4O3S. The summed E-state index contributed by atoms with van der Waals surface area (Å²) >= 11 is 1.30. The van der Waals surface area contributed by atoms with Crippen LogP contribution >= 0.6 is 11.8 Å². The summed E-state index contributed by atoms with van der Waals surface area (Å²) in [4.78, 5) is 38.3. The molecule has 2 rings (SSSR count). The molecule has 1 heterocycles. The Morgan fingerprint density at radius 3 is 2.77 bits per heavy atom. The molecule has 1 saturated heterocycles. The summed E-state index contributed by atoms with van der Waals surface area (Å²) in [5.41, 5.74) is 0.556. The highest BCUT2D eigenvalue weighted by Gasteiger charge is 2.34. The molecule has 1 N–H and O–H groups in total. The summed E-state index contributed by atoms with van der Waals surface area (Å²) in [6.45, 7) is -0.333. The van der Waals surface area contributed by atoms with E-state index in [1.54, 1.807) is 24.3 Å². The molecular weight excluding hydrogens is 304 g/mol. The van der Waals surface area contributed by atoms with Crippen molar-refractivity contribution in [1.29, 1.82) is 5.26 Å². The van der Waals surface area contributed by atoms with E-state index in [9.17, 15) is 14.4 Å². The van der Waals surface area contributed by atoms with Crippen LogP contribution in [0.2, 0.25) is 0 Å². The molecule has 0 bridgehead atoms. The molecule has 8 heteroatoms. The Morgan fingerprint density at radius 2 is 2.14 bits per heavy atom. The predicted octanol–water partition coefficient (Wildman–Crippen LogP) is 1.13. The Hall–Kier alpha value is -2.53. The van der Waals surface area contributed by atoms with Gasteiger partial charge in [0.25, 0.3) is 5.91 Å². The Labute approximate surface area is 131 Å². The maximum atomic E-state index is 12.0. The number of amides is 4. The second kappa shape index (κ2) is 6.95. The number of nitriles is 1. The highest BCUT2D eigenvalue weighted by molar-refractivity contribution is 7.99. The van der Waals surface area contributed by atoms with Crippen LogP contribution in [0.25, 0.3) is 0 Å². The van der Waals surface area contributed by atoms with E-state index in [2.05, 4.69) is 5.32 Å². The van der Waals surface area contributed by atoms with Gasteiger partial charge in [-0.3, -0.25) is 14.5 Å². The van der Waals surface area contributed by atoms with E-state index < -0.39 is 17.8 Å². The van der Waals surface area contributed by atoms with Gasteiger partial charge in [0.05, 0.1) is 17.5 Å². The van der Waals surface area contributed by atoms with Gasteiger partial charge in [-0.15, -0.1) is 11.8 Å². The zero-order valence-electron chi connectivity index (χ0n) is 11.9. The number of likely N-dealkylation sites (N-methyl/N-ethyl adjacent to an activating group) is 1. The molecule has 0 saturated carbocycles. The fraction of sp³-hybridized carbons (Fsp3) is 0.286. The minimum Gasteiger partial charge on any atom is -0.324 e. The zero-order valence-corrected chi connectivity index (χ0v) is 12.7. The van der Waals surface area contributed by atoms with E-state index in [4.69, 9.17) is 5.26 Å². The minimum atomic E-state index is -0.479. The van der Waals surface area contributed by atoms with Gasteiger partial charge in [-0.2, -0.15) is 5.26 Å². The summed E-state index contributed by atoms with van der Waals surface area (Å²) in [7, 11) is 1.51. The van der Waals surface area contributed by atoms with Crippen LogP contribution in [0.3, 0.4) is 0 Å². The van der Waals surface area contributed by atoms with Gasteiger partial charge in [0.2, 0.25) is 5.91 Å². The molecule has 7 nitrogen and oxygen atoms in total. The van der Waals surface area contributed by atoms with E-state index in [1.807, 2.05) is 6.07 Å². The summed E-state index contributed by atoms with van der Waals surface area (Å²) in [5.74, 6) is -0.586. The van der Waals surface area contributed by atoms with Gasteiger partial charge < -0.3 is 10.2 Å². The normalized spacial score (nSPS) is 14.2. The number of para-hydroxylation sites is 1. The SMILES string of the molecule is CN1CC(=O)N(CC(=O)Nc2ccccc2SCC#N)C1=O. The monoisotopic (exact) mass is 318 g/mol. The second-order valence-corrected chi connectivity index (χ2v) is 5.63. The van der Waals surface area contributed by atoms with Crippen molar-refractivity contribution in [1.82, 2.24) is 9.80 Å². The highest BCUT2D eigenvalue weighted by atomic mass is 32.2. The van der Waals surface area contributed by atoms with Crippen LogP contribution < -0.4 is 5.32 Å². The lowest BCUT2D eigenvalue weighted by Gasteiger charge is -2.15. The topological polar surface area (TPSA) is 93.5 Å². The summed E-state index contributed by atoms with van der Waals surface area (Å²) in [6, 6.07) is 8.59. The van der Waals surface area contributed by atoms with Crippen molar-refractivity contribution in [3.8, 4) is 6.07 Å². The first-order valence-electron chi connectivity index (χ1n) is 6.47. The molecule has 22 heavy (non-hydrogen) atoms. The Morgan fingerprint density at radius 1 is 1.41 bits per heavy atom. The molecule has 0 aromatic heterocycles. The second-order valence-electron chi connectivity index (χ2n) is 4.61. The largest absolute Gasteiger partial charge is 0.327 e. The molecule has 1 aromatic carbocycles. The van der Waals surface area contributed by atoms with Crippen molar-refractivity contribution >= 4 is 35.3 Å². The lowest BCUT2D eigenvalue weighted by molar-refractivity contribution is -0.129. The van der Waals surface area contributed by atoms with Crippen LogP contribution in [0.1, 0.15) is 0 Å². The van der Waals surface area contributed by atoms with E-state index >= 15 is 0 Å².